The maximum atomic E-state index is 11.9. The first kappa shape index (κ1) is 36.7. The Hall–Kier alpha value is -3.28. The smallest absolute Gasteiger partial charge is 0.281 e. The molecule has 6 aromatic rings. The number of unbranched alkanes of at least 4 members (excludes halogenated alkanes) is 2. The summed E-state index contributed by atoms with van der Waals surface area (Å²) in [4.78, 5) is 1.62. The van der Waals surface area contributed by atoms with Gasteiger partial charge in [-0.25, -0.2) is 9.36 Å². The predicted molar refractivity (Wildman–Crippen MR) is 211 cm³/mol. The van der Waals surface area contributed by atoms with Gasteiger partial charge in [-0.15, -0.1) is 22.7 Å². The molecular weight excluding hydrogens is 842 g/mol. The Balaban J connectivity index is 1.02. The summed E-state index contributed by atoms with van der Waals surface area (Å²) < 4.78 is 70.1. The van der Waals surface area contributed by atoms with Crippen molar-refractivity contribution in [3.63, 3.8) is 0 Å². The van der Waals surface area contributed by atoms with Gasteiger partial charge in [-0.1, -0.05) is 58.6 Å². The van der Waals surface area contributed by atoms with Gasteiger partial charge in [0.15, 0.2) is 0 Å². The molecule has 0 unspecified atom stereocenters. The highest BCUT2D eigenvalue weighted by Crippen LogP contribution is 2.47. The Morgan fingerprint density at radius 3 is 1.45 bits per heavy atom. The number of fused-ring (bicyclic) bond motifs is 6. The molecule has 272 valence electrons. The highest BCUT2D eigenvalue weighted by atomic mass is 35.5. The van der Waals surface area contributed by atoms with Crippen LogP contribution in [0.1, 0.15) is 51.5 Å². The van der Waals surface area contributed by atoms with Gasteiger partial charge in [0.2, 0.25) is 0 Å². The fourth-order valence-electron chi connectivity index (χ4n) is 6.55. The van der Waals surface area contributed by atoms with Gasteiger partial charge in [-0.3, -0.25) is 9.11 Å². The van der Waals surface area contributed by atoms with E-state index in [-0.39, 0.29) is 8.42 Å². The molecule has 0 spiro atoms. The summed E-state index contributed by atoms with van der Waals surface area (Å²) >= 11 is 27.5. The third-order valence-corrected chi connectivity index (χ3v) is 14.8. The van der Waals surface area contributed by atoms with E-state index in [0.717, 1.165) is 74.2 Å². The molecule has 4 heterocycles. The molecule has 18 heteroatoms. The van der Waals surface area contributed by atoms with Crippen molar-refractivity contribution in [2.24, 2.45) is 0 Å². The lowest BCUT2D eigenvalue weighted by atomic mass is 10.1. The minimum atomic E-state index is -4.36. The van der Waals surface area contributed by atoms with Gasteiger partial charge in [-0.2, -0.15) is 27.0 Å². The molecule has 0 amide bonds. The Morgan fingerprint density at radius 2 is 1.08 bits per heavy atom. The highest BCUT2D eigenvalue weighted by Gasteiger charge is 2.33. The Labute approximate surface area is 332 Å². The summed E-state index contributed by atoms with van der Waals surface area (Å²) in [6.07, 6.45) is 11.2. The molecule has 0 bridgehead atoms. The van der Waals surface area contributed by atoms with Crippen LogP contribution in [0.15, 0.2) is 69.1 Å². The molecule has 2 aliphatic carbocycles. The molecule has 0 saturated heterocycles. The van der Waals surface area contributed by atoms with E-state index < -0.39 is 20.2 Å². The van der Waals surface area contributed by atoms with Crippen molar-refractivity contribution in [2.75, 3.05) is 0 Å². The zero-order valence-electron chi connectivity index (χ0n) is 26.9. The minimum Gasteiger partial charge on any atom is -0.281 e. The Morgan fingerprint density at radius 1 is 0.660 bits per heavy atom. The van der Waals surface area contributed by atoms with Crippen LogP contribution in [0.5, 0.6) is 0 Å². The number of benzene rings is 2. The first-order valence-corrected chi connectivity index (χ1v) is 21.9. The number of rotatable bonds is 10. The Bertz CT molecular complexity index is 2590. The third-order valence-electron chi connectivity index (χ3n) is 8.86. The van der Waals surface area contributed by atoms with Gasteiger partial charge in [0.25, 0.3) is 0 Å². The van der Waals surface area contributed by atoms with Crippen LogP contribution in [0, 0.1) is 0 Å². The van der Waals surface area contributed by atoms with Crippen molar-refractivity contribution in [1.82, 2.24) is 19.6 Å². The lowest BCUT2D eigenvalue weighted by molar-refractivity contribution is 0.483. The Kier molecular flexibility index (Phi) is 9.54. The standard InChI is InChI=1S/C35H24Cl4N4O6S4/c36-18-8-10-28(24(38)12-18)42-34-20(14-30-22(34)16-32(50-30)52(44,45)46)26(40-42)6-4-2-1-3-5-7-27-21-15-31-23(17-33(51-31)53(47,48)49)35(21)43(41-27)29-11-9-19(37)13-25(29)39/h4-13,16-17H,1-3,14-15H2,(H,44,45,46)(H,47,48,49)/b6-4+,7-5+. The van der Waals surface area contributed by atoms with Gasteiger partial charge in [0.1, 0.15) is 8.42 Å². The van der Waals surface area contributed by atoms with Crippen LogP contribution in [0.2, 0.25) is 20.1 Å². The molecule has 53 heavy (non-hydrogen) atoms. The van der Waals surface area contributed by atoms with Crippen LogP contribution in [0.3, 0.4) is 0 Å². The van der Waals surface area contributed by atoms with E-state index >= 15 is 0 Å². The molecule has 4 aromatic heterocycles. The number of halogens is 4. The molecule has 2 N–H and O–H groups in total. The molecule has 0 saturated carbocycles. The van der Waals surface area contributed by atoms with Gasteiger partial charge >= 0.3 is 20.2 Å². The van der Waals surface area contributed by atoms with Crippen molar-refractivity contribution < 1.29 is 25.9 Å². The monoisotopic (exact) mass is 864 g/mol. The maximum Gasteiger partial charge on any atom is 0.304 e. The normalized spacial score (nSPS) is 13.7. The van der Waals surface area contributed by atoms with Crippen LogP contribution in [-0.4, -0.2) is 45.5 Å². The number of hydrogen-bond acceptors (Lipinski definition) is 8. The summed E-state index contributed by atoms with van der Waals surface area (Å²) in [6.45, 7) is 0. The van der Waals surface area contributed by atoms with E-state index in [1.165, 1.54) is 12.1 Å². The second-order valence-corrected chi connectivity index (χ2v) is 19.5. The van der Waals surface area contributed by atoms with E-state index in [0.29, 0.717) is 66.8 Å². The highest BCUT2D eigenvalue weighted by molar-refractivity contribution is 7.88. The number of nitrogens with zero attached hydrogens (tertiary/aromatic N) is 4. The SMILES string of the molecule is O=S(=O)(O)c1cc2c(s1)Cc1c(/C=C/CCC/C=C/c3nn(-c4ccc(Cl)cc4Cl)c4c3Cc3sc(S(=O)(=O)O)cc3-4)nn(-c3ccc(Cl)cc3Cl)c1-2. The van der Waals surface area contributed by atoms with Crippen LogP contribution in [-0.2, 0) is 33.1 Å². The quantitative estimate of drug-likeness (QED) is 0.102. The molecule has 10 nitrogen and oxygen atoms in total. The predicted octanol–water partition coefficient (Wildman–Crippen LogP) is 10.3. The lowest BCUT2D eigenvalue weighted by Crippen LogP contribution is -2.00. The fourth-order valence-corrected chi connectivity index (χ4v) is 11.3. The van der Waals surface area contributed by atoms with E-state index in [2.05, 4.69) is 0 Å². The number of hydrogen-bond donors (Lipinski definition) is 2. The van der Waals surface area contributed by atoms with E-state index in [1.54, 1.807) is 45.8 Å². The number of aromatic nitrogens is 4. The average molecular weight is 867 g/mol. The van der Waals surface area contributed by atoms with Crippen molar-refractivity contribution in [3.8, 4) is 33.9 Å². The third kappa shape index (κ3) is 6.84. The molecule has 8 rings (SSSR count). The van der Waals surface area contributed by atoms with E-state index in [9.17, 15) is 25.9 Å². The summed E-state index contributed by atoms with van der Waals surface area (Å²) in [5.74, 6) is 0. The molecule has 0 fully saturated rings. The maximum absolute atomic E-state index is 11.9. The summed E-state index contributed by atoms with van der Waals surface area (Å²) in [6, 6.07) is 13.1. The zero-order chi connectivity index (χ0) is 37.4. The number of allylic oxidation sites excluding steroid dienone is 2. The van der Waals surface area contributed by atoms with Gasteiger partial charge in [-0.05, 0) is 79.9 Å². The summed E-state index contributed by atoms with van der Waals surface area (Å²) in [7, 11) is -8.72. The van der Waals surface area contributed by atoms with E-state index in [1.807, 2.05) is 24.3 Å². The van der Waals surface area contributed by atoms with Crippen LogP contribution in [0.25, 0.3) is 46.0 Å². The van der Waals surface area contributed by atoms with E-state index in [4.69, 9.17) is 56.6 Å². The minimum absolute atomic E-state index is 0.124. The topological polar surface area (TPSA) is 144 Å². The molecular formula is C35H24Cl4N4O6S4. The number of thiophene rings is 2. The first-order valence-electron chi connectivity index (χ1n) is 15.9. The molecule has 2 aliphatic rings. The van der Waals surface area contributed by atoms with Crippen molar-refractivity contribution in [3.05, 3.63) is 113 Å². The van der Waals surface area contributed by atoms with Crippen LogP contribution < -0.4 is 0 Å². The molecule has 0 atom stereocenters. The largest absolute Gasteiger partial charge is 0.304 e. The first-order chi connectivity index (χ1) is 25.2. The fraction of sp³-hybridized carbons (Fsp3) is 0.143. The second-order valence-electron chi connectivity index (χ2n) is 12.3. The molecule has 0 aliphatic heterocycles. The van der Waals surface area contributed by atoms with Crippen molar-refractivity contribution in [1.29, 1.82) is 0 Å². The van der Waals surface area contributed by atoms with Gasteiger partial charge in [0, 0.05) is 54.9 Å². The van der Waals surface area contributed by atoms with Crippen molar-refractivity contribution in [2.45, 2.75) is 40.5 Å². The van der Waals surface area contributed by atoms with Crippen molar-refractivity contribution >= 4 is 101 Å². The average Bonchev–Trinajstić information content (AvgIpc) is 3.89. The zero-order valence-corrected chi connectivity index (χ0v) is 33.2. The second kappa shape index (κ2) is 13.8. The summed E-state index contributed by atoms with van der Waals surface area (Å²) in [5, 5.41) is 11.4. The lowest BCUT2D eigenvalue weighted by Gasteiger charge is -2.08. The van der Waals surface area contributed by atoms with Crippen LogP contribution in [0.4, 0.5) is 0 Å². The van der Waals surface area contributed by atoms with Gasteiger partial charge in [0.05, 0.1) is 44.2 Å². The summed E-state index contributed by atoms with van der Waals surface area (Å²) in [5.41, 5.74) is 7.29. The molecule has 0 radical (unpaired) electrons. The van der Waals surface area contributed by atoms with Crippen LogP contribution >= 0.6 is 69.1 Å². The van der Waals surface area contributed by atoms with Gasteiger partial charge < -0.3 is 0 Å². The molecule has 2 aromatic carbocycles.